The topological polar surface area (TPSA) is 128 Å². The highest BCUT2D eigenvalue weighted by molar-refractivity contribution is 7.92. The zero-order valence-corrected chi connectivity index (χ0v) is 17.9. The van der Waals surface area contributed by atoms with Crippen LogP contribution in [0.15, 0.2) is 47.4 Å². The number of sulfone groups is 1. The summed E-state index contributed by atoms with van der Waals surface area (Å²) in [5.74, 6) is -0.00848. The third kappa shape index (κ3) is 5.22. The molecule has 2 aromatic carbocycles. The molecule has 0 aromatic heterocycles. The summed E-state index contributed by atoms with van der Waals surface area (Å²) in [7, 11) is -7.24. The highest BCUT2D eigenvalue weighted by Gasteiger charge is 2.22. The van der Waals surface area contributed by atoms with Crippen LogP contribution in [0, 0.1) is 0 Å². The number of amides is 1. The van der Waals surface area contributed by atoms with Crippen molar-refractivity contribution >= 4 is 31.5 Å². The third-order valence-electron chi connectivity index (χ3n) is 4.38. The summed E-state index contributed by atoms with van der Waals surface area (Å²) in [4.78, 5) is 12.4. The number of hydrogen-bond acceptors (Lipinski definition) is 7. The number of fused-ring (bicyclic) bond motifs is 1. The number of carbonyl (C=O) groups is 1. The maximum atomic E-state index is 12.8. The average Bonchev–Trinajstić information content (AvgIpc) is 2.73. The second kappa shape index (κ2) is 8.92. The summed E-state index contributed by atoms with van der Waals surface area (Å²) >= 11 is 0. The highest BCUT2D eigenvalue weighted by Crippen LogP contribution is 2.33. The fourth-order valence-electron chi connectivity index (χ4n) is 2.72. The first kappa shape index (κ1) is 21.9. The number of ether oxygens (including phenoxy) is 2. The van der Waals surface area contributed by atoms with Crippen molar-refractivity contribution in [2.45, 2.75) is 11.8 Å². The van der Waals surface area contributed by atoms with Crippen LogP contribution < -0.4 is 19.5 Å². The maximum Gasteiger partial charge on any atom is 0.262 e. The van der Waals surface area contributed by atoms with Gasteiger partial charge in [0.1, 0.15) is 13.2 Å². The second-order valence-electron chi connectivity index (χ2n) is 6.45. The molecule has 1 amide bonds. The van der Waals surface area contributed by atoms with Crippen LogP contribution in [0.4, 0.5) is 5.69 Å². The van der Waals surface area contributed by atoms with Gasteiger partial charge in [0.25, 0.3) is 15.9 Å². The predicted molar refractivity (Wildman–Crippen MR) is 111 cm³/mol. The lowest BCUT2D eigenvalue weighted by Gasteiger charge is -2.19. The van der Waals surface area contributed by atoms with Crippen molar-refractivity contribution in [3.05, 3.63) is 48.0 Å². The van der Waals surface area contributed by atoms with Gasteiger partial charge in [-0.1, -0.05) is 19.1 Å². The first-order chi connectivity index (χ1) is 14.2. The van der Waals surface area contributed by atoms with Gasteiger partial charge in [-0.05, 0) is 24.3 Å². The molecule has 1 aliphatic rings. The van der Waals surface area contributed by atoms with Gasteiger partial charge in [-0.25, -0.2) is 16.8 Å². The molecule has 0 saturated carbocycles. The molecule has 2 aromatic rings. The second-order valence-corrected chi connectivity index (χ2v) is 10.6. The number of sulfonamides is 1. The van der Waals surface area contributed by atoms with Crippen LogP contribution in [0.1, 0.15) is 17.3 Å². The molecule has 0 radical (unpaired) electrons. The number of anilines is 1. The molecule has 1 aliphatic heterocycles. The molecule has 0 unspecified atom stereocenters. The SMILES string of the molecule is CCS(=O)(=O)CCNC(=O)c1ccccc1NS(=O)(=O)c1ccc2c(c1)OCCO2. The fraction of sp³-hybridized carbons (Fsp3) is 0.316. The molecule has 0 fully saturated rings. The minimum atomic E-state index is -4.01. The molecule has 2 N–H and O–H groups in total. The zero-order chi connectivity index (χ0) is 21.8. The van der Waals surface area contributed by atoms with E-state index in [1.54, 1.807) is 12.1 Å². The summed E-state index contributed by atoms with van der Waals surface area (Å²) in [6, 6.07) is 10.3. The van der Waals surface area contributed by atoms with Gasteiger partial charge in [0.05, 0.1) is 21.9 Å². The number of rotatable bonds is 8. The number of para-hydroxylation sites is 1. The van der Waals surface area contributed by atoms with Crippen LogP contribution in [0.25, 0.3) is 0 Å². The monoisotopic (exact) mass is 454 g/mol. The van der Waals surface area contributed by atoms with E-state index in [4.69, 9.17) is 9.47 Å². The lowest BCUT2D eigenvalue weighted by Crippen LogP contribution is -2.30. The number of nitrogens with one attached hydrogen (secondary N) is 2. The van der Waals surface area contributed by atoms with E-state index in [9.17, 15) is 21.6 Å². The van der Waals surface area contributed by atoms with Gasteiger partial charge >= 0.3 is 0 Å². The van der Waals surface area contributed by atoms with Gasteiger partial charge in [0.15, 0.2) is 21.3 Å². The molecule has 9 nitrogen and oxygen atoms in total. The molecular formula is C19H22N2O7S2. The number of benzene rings is 2. The minimum absolute atomic E-state index is 0.0191. The van der Waals surface area contributed by atoms with E-state index in [1.165, 1.54) is 37.3 Å². The van der Waals surface area contributed by atoms with Crippen molar-refractivity contribution in [1.82, 2.24) is 5.32 Å². The number of hydrogen-bond donors (Lipinski definition) is 2. The minimum Gasteiger partial charge on any atom is -0.486 e. The number of carbonyl (C=O) groups excluding carboxylic acids is 1. The fourth-order valence-corrected chi connectivity index (χ4v) is 4.52. The lowest BCUT2D eigenvalue weighted by molar-refractivity contribution is 0.0957. The Bertz CT molecular complexity index is 1150. The summed E-state index contributed by atoms with van der Waals surface area (Å²) in [6.07, 6.45) is 0. The van der Waals surface area contributed by atoms with Crippen molar-refractivity contribution in [2.24, 2.45) is 0 Å². The van der Waals surface area contributed by atoms with Gasteiger partial charge < -0.3 is 14.8 Å². The Morgan fingerprint density at radius 3 is 2.43 bits per heavy atom. The summed E-state index contributed by atoms with van der Waals surface area (Å²) in [5, 5.41) is 2.51. The van der Waals surface area contributed by atoms with E-state index < -0.39 is 25.8 Å². The molecule has 0 atom stereocenters. The summed E-state index contributed by atoms with van der Waals surface area (Å²) < 4.78 is 62.0. The lowest BCUT2D eigenvalue weighted by atomic mass is 10.2. The smallest absolute Gasteiger partial charge is 0.262 e. The molecule has 11 heteroatoms. The molecule has 0 bridgehead atoms. The molecule has 0 spiro atoms. The Labute approximate surface area is 175 Å². The van der Waals surface area contributed by atoms with Gasteiger partial charge in [-0.2, -0.15) is 0 Å². The van der Waals surface area contributed by atoms with Crippen molar-refractivity contribution in [3.63, 3.8) is 0 Å². The normalized spacial score (nSPS) is 13.5. The van der Waals surface area contributed by atoms with Gasteiger partial charge in [-0.3, -0.25) is 9.52 Å². The summed E-state index contributed by atoms with van der Waals surface area (Å²) in [6.45, 7) is 2.16. The van der Waals surface area contributed by atoms with Crippen LogP contribution >= 0.6 is 0 Å². The van der Waals surface area contributed by atoms with Gasteiger partial charge in [0.2, 0.25) is 0 Å². The van der Waals surface area contributed by atoms with E-state index in [2.05, 4.69) is 10.0 Å². The van der Waals surface area contributed by atoms with Crippen molar-refractivity contribution < 1.29 is 31.1 Å². The Balaban J connectivity index is 1.77. The van der Waals surface area contributed by atoms with Crippen LogP contribution in [0.3, 0.4) is 0 Å². The quantitative estimate of drug-likeness (QED) is 0.617. The Morgan fingerprint density at radius 2 is 1.70 bits per heavy atom. The van der Waals surface area contributed by atoms with Crippen molar-refractivity contribution in [3.8, 4) is 11.5 Å². The Hall–Kier alpha value is -2.79. The zero-order valence-electron chi connectivity index (χ0n) is 16.3. The Morgan fingerprint density at radius 1 is 1.00 bits per heavy atom. The molecular weight excluding hydrogens is 432 g/mol. The molecule has 1 heterocycles. The Kier molecular flexibility index (Phi) is 6.52. The maximum absolute atomic E-state index is 12.8. The van der Waals surface area contributed by atoms with Crippen molar-refractivity contribution in [2.75, 3.05) is 36.0 Å². The summed E-state index contributed by atoms with van der Waals surface area (Å²) in [5.41, 5.74) is 0.149. The van der Waals surface area contributed by atoms with Crippen LogP contribution in [-0.4, -0.2) is 54.0 Å². The van der Waals surface area contributed by atoms with Crippen LogP contribution in [-0.2, 0) is 19.9 Å². The van der Waals surface area contributed by atoms with E-state index in [1.807, 2.05) is 0 Å². The van der Waals surface area contributed by atoms with Gasteiger partial charge in [0, 0.05) is 18.4 Å². The third-order valence-corrected chi connectivity index (χ3v) is 7.45. The molecule has 0 saturated heterocycles. The average molecular weight is 455 g/mol. The van der Waals surface area contributed by atoms with Gasteiger partial charge in [-0.15, -0.1) is 0 Å². The highest BCUT2D eigenvalue weighted by atomic mass is 32.2. The van der Waals surface area contributed by atoms with E-state index >= 15 is 0 Å². The van der Waals surface area contributed by atoms with E-state index in [-0.39, 0.29) is 34.2 Å². The van der Waals surface area contributed by atoms with Crippen LogP contribution in [0.5, 0.6) is 11.5 Å². The molecule has 0 aliphatic carbocycles. The predicted octanol–water partition coefficient (Wildman–Crippen LogP) is 1.42. The van der Waals surface area contributed by atoms with Crippen molar-refractivity contribution in [1.29, 1.82) is 0 Å². The standard InChI is InChI=1S/C19H22N2O7S2/c1-2-29(23,24)12-9-20-19(22)15-5-3-4-6-16(15)21-30(25,26)14-7-8-17-18(13-14)28-11-10-27-17/h3-8,13,21H,2,9-12H2,1H3,(H,20,22). The largest absolute Gasteiger partial charge is 0.486 e. The van der Waals surface area contributed by atoms with E-state index in [0.717, 1.165) is 0 Å². The first-order valence-corrected chi connectivity index (χ1v) is 12.5. The van der Waals surface area contributed by atoms with E-state index in [0.29, 0.717) is 24.7 Å². The molecule has 162 valence electrons. The molecule has 3 rings (SSSR count). The molecule has 30 heavy (non-hydrogen) atoms. The first-order valence-electron chi connectivity index (χ1n) is 9.22. The van der Waals surface area contributed by atoms with Crippen LogP contribution in [0.2, 0.25) is 0 Å².